The maximum atomic E-state index is 14.3. The number of amides is 2. The van der Waals surface area contributed by atoms with E-state index in [-0.39, 0.29) is 30.1 Å². The van der Waals surface area contributed by atoms with Crippen LogP contribution in [-0.2, 0) is 34.5 Å². The van der Waals surface area contributed by atoms with Gasteiger partial charge in [-0.1, -0.05) is 85.6 Å². The number of rotatable bonds is 7. The van der Waals surface area contributed by atoms with Crippen molar-refractivity contribution in [2.45, 2.75) is 89.6 Å². The number of ether oxygens (including phenoxy) is 3. The van der Waals surface area contributed by atoms with Gasteiger partial charge in [0.05, 0.1) is 17.1 Å². The van der Waals surface area contributed by atoms with Crippen LogP contribution in [0.25, 0.3) is 0 Å². The number of likely N-dealkylation sites (tertiary alicyclic amines) is 1. The van der Waals surface area contributed by atoms with Crippen molar-refractivity contribution in [3.63, 3.8) is 0 Å². The molecule has 8 nitrogen and oxygen atoms in total. The van der Waals surface area contributed by atoms with E-state index in [1.54, 1.807) is 11.0 Å². The zero-order chi connectivity index (χ0) is 34.9. The molecular formula is C42H47N3O5. The second-order valence-corrected chi connectivity index (χ2v) is 14.9. The van der Waals surface area contributed by atoms with Crippen LogP contribution in [0, 0.1) is 5.92 Å². The molecule has 4 aromatic rings. The first-order chi connectivity index (χ1) is 24.1. The van der Waals surface area contributed by atoms with Gasteiger partial charge in [-0.2, -0.15) is 0 Å². The fourth-order valence-electron chi connectivity index (χ4n) is 8.44. The summed E-state index contributed by atoms with van der Waals surface area (Å²) in [5.41, 5.74) is 11.6. The molecule has 1 heterocycles. The van der Waals surface area contributed by atoms with Gasteiger partial charge < -0.3 is 24.8 Å². The molecule has 0 unspecified atom stereocenters. The van der Waals surface area contributed by atoms with Crippen LogP contribution in [0.5, 0.6) is 5.75 Å². The Morgan fingerprint density at radius 2 is 1.54 bits per heavy atom. The molecule has 3 aliphatic rings. The Bertz CT molecular complexity index is 1840. The number of carbonyl (C=O) groups is 2. The summed E-state index contributed by atoms with van der Waals surface area (Å²) in [7, 11) is 0. The van der Waals surface area contributed by atoms with Crippen LogP contribution in [0.1, 0.15) is 75.1 Å². The smallest absolute Gasteiger partial charge is 0.419 e. The third-order valence-corrected chi connectivity index (χ3v) is 10.6. The molecule has 1 saturated carbocycles. The van der Waals surface area contributed by atoms with Crippen molar-refractivity contribution in [2.24, 2.45) is 5.92 Å². The Kier molecular flexibility index (Phi) is 9.21. The average molecular weight is 674 g/mol. The maximum Gasteiger partial charge on any atom is 0.419 e. The fraction of sp³-hybridized carbons (Fsp3) is 0.381. The van der Waals surface area contributed by atoms with Crippen LogP contribution in [0.15, 0.2) is 97.1 Å². The summed E-state index contributed by atoms with van der Waals surface area (Å²) in [5.74, 6) is 0.947. The molecule has 3 atom stereocenters. The molecule has 2 N–H and O–H groups in total. The minimum atomic E-state index is -0.747. The number of fused-ring (bicyclic) bond motifs is 1. The summed E-state index contributed by atoms with van der Waals surface area (Å²) in [6.45, 7) is 6.81. The number of carbonyl (C=O) groups excluding carboxylic acids is 2. The van der Waals surface area contributed by atoms with Gasteiger partial charge in [-0.25, -0.2) is 14.5 Å². The Balaban J connectivity index is 1.35. The van der Waals surface area contributed by atoms with Gasteiger partial charge in [0.15, 0.2) is 0 Å². The SMILES string of the molecule is CC(C)(C)OC(=O)N(c1ccccc1N)c1cc(OCc2ccccc2)cc2c1C[C@@H]1[C@@H]3CCCC[C@]23CCN1C(=O)OCc1ccccc1. The second kappa shape index (κ2) is 13.7. The van der Waals surface area contributed by atoms with Crippen molar-refractivity contribution in [3.8, 4) is 5.75 Å². The maximum absolute atomic E-state index is 14.3. The molecule has 2 fully saturated rings. The molecule has 4 aromatic carbocycles. The molecule has 1 saturated heterocycles. The molecule has 2 bridgehead atoms. The molecule has 1 aliphatic heterocycles. The third-order valence-electron chi connectivity index (χ3n) is 10.6. The number of hydrogen-bond acceptors (Lipinski definition) is 6. The zero-order valence-corrected chi connectivity index (χ0v) is 29.3. The summed E-state index contributed by atoms with van der Waals surface area (Å²) < 4.78 is 18.6. The number of anilines is 3. The van der Waals surface area contributed by atoms with Gasteiger partial charge in [0.25, 0.3) is 0 Å². The number of piperidine rings is 1. The quantitative estimate of drug-likeness (QED) is 0.197. The molecular weight excluding hydrogens is 626 g/mol. The topological polar surface area (TPSA) is 94.3 Å². The number of nitrogen functional groups attached to an aromatic ring is 1. The highest BCUT2D eigenvalue weighted by Crippen LogP contribution is 2.58. The minimum Gasteiger partial charge on any atom is -0.489 e. The molecule has 260 valence electrons. The first kappa shape index (κ1) is 33.5. The van der Waals surface area contributed by atoms with Crippen molar-refractivity contribution >= 4 is 29.2 Å². The molecule has 2 amide bonds. The monoisotopic (exact) mass is 673 g/mol. The largest absolute Gasteiger partial charge is 0.489 e. The van der Waals surface area contributed by atoms with Crippen molar-refractivity contribution in [1.82, 2.24) is 4.90 Å². The van der Waals surface area contributed by atoms with Crippen molar-refractivity contribution in [1.29, 1.82) is 0 Å². The molecule has 0 spiro atoms. The Labute approximate surface area is 295 Å². The lowest BCUT2D eigenvalue weighted by Gasteiger charge is -2.59. The summed E-state index contributed by atoms with van der Waals surface area (Å²) in [6.07, 6.45) is 4.83. The van der Waals surface area contributed by atoms with Gasteiger partial charge in [-0.3, -0.25) is 0 Å². The van der Waals surface area contributed by atoms with E-state index in [0.29, 0.717) is 42.4 Å². The normalized spacial score (nSPS) is 21.0. The highest BCUT2D eigenvalue weighted by molar-refractivity contribution is 6.00. The predicted molar refractivity (Wildman–Crippen MR) is 196 cm³/mol. The van der Waals surface area contributed by atoms with E-state index < -0.39 is 11.7 Å². The Morgan fingerprint density at radius 3 is 2.24 bits per heavy atom. The molecule has 8 heteroatoms. The van der Waals surface area contributed by atoms with Gasteiger partial charge >= 0.3 is 12.2 Å². The lowest BCUT2D eigenvalue weighted by molar-refractivity contribution is -0.0137. The van der Waals surface area contributed by atoms with Gasteiger partial charge in [0.2, 0.25) is 0 Å². The van der Waals surface area contributed by atoms with E-state index in [4.69, 9.17) is 19.9 Å². The zero-order valence-electron chi connectivity index (χ0n) is 29.3. The Hall–Kier alpha value is -4.98. The van der Waals surface area contributed by atoms with Crippen LogP contribution in [0.4, 0.5) is 26.7 Å². The molecule has 2 aliphatic carbocycles. The molecule has 7 rings (SSSR count). The molecule has 0 radical (unpaired) electrons. The van der Waals surface area contributed by atoms with Crippen molar-refractivity contribution in [3.05, 3.63) is 119 Å². The number of nitrogens with zero attached hydrogens (tertiary/aromatic N) is 2. The summed E-state index contributed by atoms with van der Waals surface area (Å²) in [4.78, 5) is 31.8. The lowest BCUT2D eigenvalue weighted by atomic mass is 9.52. The van der Waals surface area contributed by atoms with Gasteiger partial charge in [-0.15, -0.1) is 0 Å². The fourth-order valence-corrected chi connectivity index (χ4v) is 8.44. The standard InChI is InChI=1S/C42H47N3O5/c1-41(2,3)50-40(47)45(36-20-11-10-19-35(36)43)37-25-31(48-27-29-14-6-4-7-15-29)24-34-32(37)26-38-33-18-12-13-21-42(33,34)22-23-44(38)39(46)49-28-30-16-8-5-9-17-30/h4-11,14-17,19-20,24-25,33,38H,12-13,18,21-23,26-28,43H2,1-3H3/t33-,38+,42+/m0/s1. The second-order valence-electron chi connectivity index (χ2n) is 14.9. The van der Waals surface area contributed by atoms with Crippen LogP contribution in [0.3, 0.4) is 0 Å². The van der Waals surface area contributed by atoms with E-state index in [1.807, 2.05) is 111 Å². The van der Waals surface area contributed by atoms with Gasteiger partial charge in [0, 0.05) is 24.1 Å². The molecule has 50 heavy (non-hydrogen) atoms. The summed E-state index contributed by atoms with van der Waals surface area (Å²) in [6, 6.07) is 31.3. The number of para-hydroxylation sites is 2. The van der Waals surface area contributed by atoms with E-state index in [1.165, 1.54) is 5.56 Å². The average Bonchev–Trinajstić information content (AvgIpc) is 3.11. The lowest BCUT2D eigenvalue weighted by Crippen LogP contribution is -2.62. The van der Waals surface area contributed by atoms with Gasteiger partial charge in [-0.05, 0) is 92.8 Å². The number of nitrogens with two attached hydrogens (primary N) is 1. The van der Waals surface area contributed by atoms with E-state index in [9.17, 15) is 9.59 Å². The Morgan fingerprint density at radius 1 is 0.860 bits per heavy atom. The van der Waals surface area contributed by atoms with Gasteiger partial charge in [0.1, 0.15) is 24.6 Å². The number of hydrogen-bond donors (Lipinski definition) is 1. The van der Waals surface area contributed by atoms with E-state index >= 15 is 0 Å². The van der Waals surface area contributed by atoms with Crippen LogP contribution in [0.2, 0.25) is 0 Å². The van der Waals surface area contributed by atoms with E-state index in [2.05, 4.69) is 6.07 Å². The number of benzene rings is 4. The van der Waals surface area contributed by atoms with Crippen LogP contribution >= 0.6 is 0 Å². The predicted octanol–water partition coefficient (Wildman–Crippen LogP) is 9.32. The first-order valence-electron chi connectivity index (χ1n) is 17.8. The first-order valence-corrected chi connectivity index (χ1v) is 17.8. The van der Waals surface area contributed by atoms with Crippen molar-refractivity contribution < 1.29 is 23.8 Å². The van der Waals surface area contributed by atoms with E-state index in [0.717, 1.165) is 48.8 Å². The minimum absolute atomic E-state index is 0.0803. The third kappa shape index (κ3) is 6.63. The summed E-state index contributed by atoms with van der Waals surface area (Å²) in [5, 5.41) is 0. The highest BCUT2D eigenvalue weighted by Gasteiger charge is 2.56. The van der Waals surface area contributed by atoms with Crippen LogP contribution in [-0.4, -0.2) is 35.3 Å². The summed E-state index contributed by atoms with van der Waals surface area (Å²) >= 11 is 0. The highest BCUT2D eigenvalue weighted by atomic mass is 16.6. The van der Waals surface area contributed by atoms with Crippen molar-refractivity contribution in [2.75, 3.05) is 17.2 Å². The van der Waals surface area contributed by atoms with Crippen LogP contribution < -0.4 is 15.4 Å². The molecule has 0 aromatic heterocycles.